The number of carbonyl (C=O) groups is 1. The molecule has 2 aromatic heterocycles. The Balaban J connectivity index is 1.95. The van der Waals surface area contributed by atoms with Gasteiger partial charge in [0.2, 0.25) is 5.91 Å². The summed E-state index contributed by atoms with van der Waals surface area (Å²) in [6.07, 6.45) is 15.6. The van der Waals surface area contributed by atoms with Crippen LogP contribution < -0.4 is 5.73 Å². The van der Waals surface area contributed by atoms with E-state index in [1.165, 1.54) is 32.1 Å². The molecule has 9 nitrogen and oxygen atoms in total. The third-order valence-corrected chi connectivity index (χ3v) is 19.9. The van der Waals surface area contributed by atoms with Crippen LogP contribution in [0.3, 0.4) is 0 Å². The lowest BCUT2D eigenvalue weighted by molar-refractivity contribution is -0.119. The summed E-state index contributed by atoms with van der Waals surface area (Å²) >= 11 is 0. The minimum Gasteiger partial charge on any atom is -0.413 e. The number of halogens is 1. The molecule has 270 valence electrons. The average molecular weight is 704 g/mol. The van der Waals surface area contributed by atoms with Crippen LogP contribution >= 0.6 is 0 Å². The minimum absolute atomic E-state index is 0.0341. The predicted octanol–water partition coefficient (Wildman–Crippen LogP) is 8.77. The lowest BCUT2D eigenvalue weighted by Gasteiger charge is -2.43. The summed E-state index contributed by atoms with van der Waals surface area (Å²) in [7, 11) is -4.52. The number of fused-ring (bicyclic) bond motifs is 1. The highest BCUT2D eigenvalue weighted by atomic mass is 28.4. The van der Waals surface area contributed by atoms with E-state index in [9.17, 15) is 4.79 Å². The van der Waals surface area contributed by atoms with Crippen molar-refractivity contribution in [1.29, 1.82) is 0 Å². The van der Waals surface area contributed by atoms with Crippen molar-refractivity contribution in [3.05, 3.63) is 18.1 Å². The maximum absolute atomic E-state index is 15.1. The Bertz CT molecular complexity index is 1430. The normalized spacial score (nSPS) is 21.5. The number of primary amides is 1. The van der Waals surface area contributed by atoms with Crippen LogP contribution in [0.5, 0.6) is 0 Å². The molecule has 12 heteroatoms. The molecule has 3 heterocycles. The van der Waals surface area contributed by atoms with E-state index in [0.29, 0.717) is 18.4 Å². The second-order valence-electron chi connectivity index (χ2n) is 16.7. The molecule has 4 atom stereocenters. The number of terminal acetylenes is 1. The number of carbonyl (C=O) groups excluding carboxylic acids is 1. The zero-order chi connectivity index (χ0) is 36.1. The van der Waals surface area contributed by atoms with Crippen LogP contribution in [0.4, 0.5) is 4.39 Å². The maximum atomic E-state index is 15.1. The Morgan fingerprint density at radius 2 is 1.65 bits per heavy atom. The van der Waals surface area contributed by atoms with Crippen LogP contribution in [0.25, 0.3) is 11.2 Å². The number of rotatable bonds is 17. The van der Waals surface area contributed by atoms with Gasteiger partial charge in [-0.3, -0.25) is 9.36 Å². The van der Waals surface area contributed by atoms with E-state index in [1.807, 2.05) is 0 Å². The third kappa shape index (κ3) is 9.33. The van der Waals surface area contributed by atoms with Crippen molar-refractivity contribution >= 4 is 33.7 Å². The molecule has 2 N–H and O–H groups in total. The molecular weight excluding hydrogens is 642 g/mol. The van der Waals surface area contributed by atoms with E-state index >= 15 is 4.39 Å². The standard InChI is InChI=1S/C36H62FN5O4Si2/c1-13-15-16-17-18-19-20-21-22-26(31(38)43)29-30-32(41-33(37)40-29)42(25-39-30)28-23-27(46-48(11,12)35(6,7)8)36(14-2,45-28)24-44-47(9,10)34(3,4)5/h2,25-28H,13,15-24H2,1,3-12H3,(H2,38,43)/t26?,27-,28+,36+/m0/s1. The molecule has 2 aromatic rings. The van der Waals surface area contributed by atoms with Gasteiger partial charge in [-0.25, -0.2) is 9.97 Å². The molecule has 1 saturated heterocycles. The molecular formula is C36H62FN5O4Si2. The first-order chi connectivity index (χ1) is 22.2. The maximum Gasteiger partial charge on any atom is 0.310 e. The number of hydrogen-bond acceptors (Lipinski definition) is 7. The van der Waals surface area contributed by atoms with Crippen molar-refractivity contribution in [3.63, 3.8) is 0 Å². The summed E-state index contributed by atoms with van der Waals surface area (Å²) < 4.78 is 37.2. The summed E-state index contributed by atoms with van der Waals surface area (Å²) in [5.74, 6) is 1.60. The highest BCUT2D eigenvalue weighted by molar-refractivity contribution is 6.74. The molecule has 1 fully saturated rings. The molecule has 0 saturated carbocycles. The van der Waals surface area contributed by atoms with Gasteiger partial charge >= 0.3 is 6.08 Å². The molecule has 3 rings (SSSR count). The van der Waals surface area contributed by atoms with Crippen molar-refractivity contribution in [3.8, 4) is 12.3 Å². The van der Waals surface area contributed by atoms with Crippen LogP contribution in [0.1, 0.15) is 131 Å². The lowest BCUT2D eigenvalue weighted by Crippen LogP contribution is -2.54. The van der Waals surface area contributed by atoms with Crippen molar-refractivity contribution in [2.24, 2.45) is 5.73 Å². The smallest absolute Gasteiger partial charge is 0.310 e. The first kappa shape index (κ1) is 40.3. The van der Waals surface area contributed by atoms with Gasteiger partial charge in [-0.1, -0.05) is 106 Å². The number of ether oxygens (including phenoxy) is 1. The molecule has 0 radical (unpaired) electrons. The number of hydrogen-bond donors (Lipinski definition) is 1. The fourth-order valence-electron chi connectivity index (χ4n) is 5.65. The van der Waals surface area contributed by atoms with E-state index in [0.717, 1.165) is 19.3 Å². The summed E-state index contributed by atoms with van der Waals surface area (Å²) in [6, 6.07) is 0. The molecule has 0 bridgehead atoms. The molecule has 1 aliphatic rings. The Morgan fingerprint density at radius 1 is 1.06 bits per heavy atom. The van der Waals surface area contributed by atoms with E-state index in [4.69, 9.17) is 25.7 Å². The molecule has 0 aromatic carbocycles. The number of imidazole rings is 1. The topological polar surface area (TPSA) is 114 Å². The highest BCUT2D eigenvalue weighted by Crippen LogP contribution is 2.46. The number of aromatic nitrogens is 4. The number of nitrogens with zero attached hydrogens (tertiary/aromatic N) is 4. The van der Waals surface area contributed by atoms with Gasteiger partial charge in [0.25, 0.3) is 0 Å². The second-order valence-corrected chi connectivity index (χ2v) is 26.2. The Kier molecular flexibility index (Phi) is 13.2. The van der Waals surface area contributed by atoms with Gasteiger partial charge < -0.3 is 19.3 Å². The first-order valence-corrected chi connectivity index (χ1v) is 23.7. The Hall–Kier alpha value is -2.18. The molecule has 1 unspecified atom stereocenters. The zero-order valence-electron chi connectivity index (χ0n) is 31.5. The summed E-state index contributed by atoms with van der Waals surface area (Å²) in [4.78, 5) is 25.5. The van der Waals surface area contributed by atoms with Gasteiger partial charge in [0.15, 0.2) is 27.9 Å². The van der Waals surface area contributed by atoms with Crippen LogP contribution in [0.15, 0.2) is 6.33 Å². The van der Waals surface area contributed by atoms with Gasteiger partial charge in [0.1, 0.15) is 11.7 Å². The summed E-state index contributed by atoms with van der Waals surface area (Å²) in [6.45, 7) is 24.2. The van der Waals surface area contributed by atoms with Crippen molar-refractivity contribution in [1.82, 2.24) is 19.5 Å². The molecule has 48 heavy (non-hydrogen) atoms. The summed E-state index contributed by atoms with van der Waals surface area (Å²) in [5.41, 5.74) is 5.46. The molecule has 0 spiro atoms. The lowest BCUT2D eigenvalue weighted by atomic mass is 9.95. The van der Waals surface area contributed by atoms with Crippen LogP contribution in [-0.4, -0.2) is 60.4 Å². The van der Waals surface area contributed by atoms with E-state index in [-0.39, 0.29) is 28.0 Å². The van der Waals surface area contributed by atoms with E-state index < -0.39 is 52.5 Å². The van der Waals surface area contributed by atoms with Gasteiger partial charge in [-0.2, -0.15) is 9.37 Å². The van der Waals surface area contributed by atoms with Gasteiger partial charge in [-0.15, -0.1) is 6.42 Å². The van der Waals surface area contributed by atoms with Crippen LogP contribution in [-0.2, 0) is 18.4 Å². The third-order valence-electron chi connectivity index (χ3n) is 11.0. The predicted molar refractivity (Wildman–Crippen MR) is 196 cm³/mol. The largest absolute Gasteiger partial charge is 0.413 e. The quantitative estimate of drug-likeness (QED) is 0.0758. The SMILES string of the molecule is C#C[C@]1(CO[Si](C)(C)C(C)(C)C)O[C@@H](n2cnc3c(C(CCCCCCCCCC)C(N)=O)nc(F)nc32)C[C@@H]1O[Si](C)(C)C(C)(C)C. The van der Waals surface area contributed by atoms with Gasteiger partial charge in [0.05, 0.1) is 30.7 Å². The van der Waals surface area contributed by atoms with E-state index in [1.54, 1.807) is 10.9 Å². The zero-order valence-corrected chi connectivity index (χ0v) is 33.5. The second kappa shape index (κ2) is 15.8. The number of nitrogens with two attached hydrogens (primary N) is 1. The summed E-state index contributed by atoms with van der Waals surface area (Å²) in [5, 5.41) is -0.106. The van der Waals surface area contributed by atoms with Gasteiger partial charge in [-0.05, 0) is 42.7 Å². The Morgan fingerprint density at radius 3 is 2.19 bits per heavy atom. The van der Waals surface area contributed by atoms with Crippen LogP contribution in [0.2, 0.25) is 36.3 Å². The van der Waals surface area contributed by atoms with E-state index in [2.05, 4.69) is 95.5 Å². The Labute approximate surface area is 291 Å². The fraction of sp³-hybridized carbons (Fsp3) is 0.778. The number of unbranched alkanes of at least 4 members (excludes halogenated alkanes) is 7. The molecule has 1 aliphatic heterocycles. The monoisotopic (exact) mass is 703 g/mol. The molecule has 1 amide bonds. The average Bonchev–Trinajstić information content (AvgIpc) is 3.55. The van der Waals surface area contributed by atoms with Crippen LogP contribution in [0, 0.1) is 18.4 Å². The van der Waals surface area contributed by atoms with Gasteiger partial charge in [0, 0.05) is 6.42 Å². The fourth-order valence-corrected chi connectivity index (χ4v) is 8.01. The highest BCUT2D eigenvalue weighted by Gasteiger charge is 2.54. The number of amides is 1. The van der Waals surface area contributed by atoms with Crippen molar-refractivity contribution in [2.45, 2.75) is 173 Å². The molecule has 0 aliphatic carbocycles. The first-order valence-electron chi connectivity index (χ1n) is 17.9. The van der Waals surface area contributed by atoms with Crippen molar-refractivity contribution in [2.75, 3.05) is 6.61 Å². The minimum atomic E-state index is -2.31. The van der Waals surface area contributed by atoms with Crippen molar-refractivity contribution < 1.29 is 22.8 Å².